The van der Waals surface area contributed by atoms with Crippen LogP contribution in [-0.4, -0.2) is 33.8 Å². The monoisotopic (exact) mass is 399 g/mol. The van der Waals surface area contributed by atoms with Gasteiger partial charge in [0.25, 0.3) is 0 Å². The summed E-state index contributed by atoms with van der Waals surface area (Å²) in [7, 11) is 0. The van der Waals surface area contributed by atoms with Gasteiger partial charge in [-0.25, -0.2) is 4.79 Å². The molecule has 144 valence electrons. The maximum Gasteiger partial charge on any atom is 0.341 e. The fourth-order valence-electron chi connectivity index (χ4n) is 3.34. The van der Waals surface area contributed by atoms with Crippen molar-refractivity contribution < 1.29 is 24.2 Å². The Morgan fingerprint density at radius 1 is 1.07 bits per heavy atom. The van der Waals surface area contributed by atoms with E-state index in [9.17, 15) is 14.4 Å². The van der Waals surface area contributed by atoms with Crippen LogP contribution in [0.25, 0.3) is 16.6 Å². The number of aromatic nitrogens is 1. The lowest BCUT2D eigenvalue weighted by atomic mass is 10.0. The highest BCUT2D eigenvalue weighted by atomic mass is 35.5. The molecule has 0 aliphatic heterocycles. The van der Waals surface area contributed by atoms with Crippen molar-refractivity contribution in [3.8, 4) is 11.4 Å². The Morgan fingerprint density at radius 3 is 2.25 bits per heavy atom. The quantitative estimate of drug-likeness (QED) is 0.618. The van der Waals surface area contributed by atoms with E-state index in [2.05, 4.69) is 0 Å². The lowest BCUT2D eigenvalue weighted by molar-refractivity contribution is -0.139. The summed E-state index contributed by atoms with van der Waals surface area (Å²) in [6.45, 7) is 4.07. The van der Waals surface area contributed by atoms with E-state index in [1.54, 1.807) is 24.3 Å². The van der Waals surface area contributed by atoms with Gasteiger partial charge in [0.05, 0.1) is 11.1 Å². The lowest BCUT2D eigenvalue weighted by Gasteiger charge is -2.12. The zero-order valence-corrected chi connectivity index (χ0v) is 16.3. The first-order valence-electron chi connectivity index (χ1n) is 8.52. The van der Waals surface area contributed by atoms with E-state index < -0.39 is 12.6 Å². The van der Waals surface area contributed by atoms with Gasteiger partial charge in [-0.3, -0.25) is 9.59 Å². The predicted molar refractivity (Wildman–Crippen MR) is 106 cm³/mol. The van der Waals surface area contributed by atoms with Crippen molar-refractivity contribution in [3.05, 3.63) is 58.2 Å². The van der Waals surface area contributed by atoms with E-state index in [1.165, 1.54) is 13.8 Å². The summed E-state index contributed by atoms with van der Waals surface area (Å²) in [6, 6.07) is 10.3. The van der Waals surface area contributed by atoms with Crippen LogP contribution in [0, 0.1) is 6.92 Å². The standard InChI is InChI=1S/C21H18ClNO5/c1-11-21(13(3)25)17-9-19(28-10-20(26)27)16(12(2)24)8-18(17)23(11)15-6-4-14(22)5-7-15/h4-9H,10H2,1-3H3,(H,26,27). The summed E-state index contributed by atoms with van der Waals surface area (Å²) in [4.78, 5) is 35.4. The van der Waals surface area contributed by atoms with Crippen molar-refractivity contribution in [3.63, 3.8) is 0 Å². The lowest BCUT2D eigenvalue weighted by Crippen LogP contribution is -2.11. The zero-order chi connectivity index (χ0) is 20.6. The molecule has 2 aromatic carbocycles. The van der Waals surface area contributed by atoms with Gasteiger partial charge in [0.2, 0.25) is 0 Å². The van der Waals surface area contributed by atoms with Crippen LogP contribution in [-0.2, 0) is 4.79 Å². The van der Waals surface area contributed by atoms with Crippen LogP contribution in [0.1, 0.15) is 40.3 Å². The van der Waals surface area contributed by atoms with Crippen molar-refractivity contribution in [2.24, 2.45) is 0 Å². The number of carboxylic acids is 1. The number of nitrogens with zero attached hydrogens (tertiary/aromatic N) is 1. The predicted octanol–water partition coefficient (Wildman–Crippen LogP) is 4.46. The minimum absolute atomic E-state index is 0.137. The van der Waals surface area contributed by atoms with E-state index in [4.69, 9.17) is 21.4 Å². The normalized spacial score (nSPS) is 10.9. The average Bonchev–Trinajstić information content (AvgIpc) is 2.90. The van der Waals surface area contributed by atoms with Crippen LogP contribution < -0.4 is 4.74 Å². The maximum atomic E-state index is 12.3. The molecule has 0 fully saturated rings. The number of benzene rings is 2. The van der Waals surface area contributed by atoms with Crippen LogP contribution in [0.4, 0.5) is 0 Å². The fraction of sp³-hybridized carbons (Fsp3) is 0.190. The van der Waals surface area contributed by atoms with Crippen molar-refractivity contribution in [1.29, 1.82) is 0 Å². The topological polar surface area (TPSA) is 85.6 Å². The van der Waals surface area contributed by atoms with Gasteiger partial charge in [-0.2, -0.15) is 0 Å². The molecule has 0 radical (unpaired) electrons. The van der Waals surface area contributed by atoms with Gasteiger partial charge in [-0.1, -0.05) is 11.6 Å². The third-order valence-electron chi connectivity index (χ3n) is 4.47. The molecule has 0 saturated heterocycles. The molecule has 0 amide bonds. The molecule has 6 nitrogen and oxygen atoms in total. The second kappa shape index (κ2) is 7.48. The molecule has 0 bridgehead atoms. The van der Waals surface area contributed by atoms with E-state index in [-0.39, 0.29) is 22.9 Å². The number of halogens is 1. The Balaban J connectivity index is 2.35. The maximum absolute atomic E-state index is 12.3. The smallest absolute Gasteiger partial charge is 0.341 e. The minimum Gasteiger partial charge on any atom is -0.481 e. The first kappa shape index (κ1) is 19.6. The number of aliphatic carboxylic acids is 1. The molecule has 0 spiro atoms. The van der Waals surface area contributed by atoms with Gasteiger partial charge in [-0.05, 0) is 57.2 Å². The van der Waals surface area contributed by atoms with E-state index in [0.717, 1.165) is 5.69 Å². The minimum atomic E-state index is -1.16. The van der Waals surface area contributed by atoms with Crippen LogP contribution in [0.15, 0.2) is 36.4 Å². The van der Waals surface area contributed by atoms with Gasteiger partial charge >= 0.3 is 5.97 Å². The molecule has 1 N–H and O–H groups in total. The third-order valence-corrected chi connectivity index (χ3v) is 4.72. The molecule has 3 aromatic rings. The molecular formula is C21H18ClNO5. The number of fused-ring (bicyclic) bond motifs is 1. The summed E-state index contributed by atoms with van der Waals surface area (Å²) in [6.07, 6.45) is 0. The van der Waals surface area contributed by atoms with Crippen LogP contribution >= 0.6 is 11.6 Å². The molecule has 0 aliphatic carbocycles. The summed E-state index contributed by atoms with van der Waals surface area (Å²) in [5.41, 5.74) is 2.87. The number of ether oxygens (including phenoxy) is 1. The average molecular weight is 400 g/mol. The molecule has 1 aromatic heterocycles. The molecule has 0 atom stereocenters. The molecule has 3 rings (SSSR count). The molecule has 0 saturated carbocycles. The van der Waals surface area contributed by atoms with Crippen molar-refractivity contribution in [1.82, 2.24) is 4.57 Å². The van der Waals surface area contributed by atoms with Gasteiger partial charge in [0.1, 0.15) is 5.75 Å². The Hall–Kier alpha value is -3.12. The summed E-state index contributed by atoms with van der Waals surface area (Å²) in [5.74, 6) is -1.43. The fourth-order valence-corrected chi connectivity index (χ4v) is 3.47. The molecule has 28 heavy (non-hydrogen) atoms. The Bertz CT molecular complexity index is 1110. The zero-order valence-electron chi connectivity index (χ0n) is 15.6. The highest BCUT2D eigenvalue weighted by molar-refractivity contribution is 6.30. The van der Waals surface area contributed by atoms with Crippen molar-refractivity contribution in [2.75, 3.05) is 6.61 Å². The van der Waals surface area contributed by atoms with Crippen molar-refractivity contribution >= 4 is 40.0 Å². The SMILES string of the molecule is CC(=O)c1cc2c(cc1OCC(=O)O)c(C(C)=O)c(C)n2-c1ccc(Cl)cc1. The second-order valence-corrected chi connectivity index (χ2v) is 6.87. The Morgan fingerprint density at radius 2 is 1.71 bits per heavy atom. The van der Waals surface area contributed by atoms with E-state index in [1.807, 2.05) is 23.6 Å². The third kappa shape index (κ3) is 3.51. The molecular weight excluding hydrogens is 382 g/mol. The highest BCUT2D eigenvalue weighted by Gasteiger charge is 2.22. The molecule has 7 heteroatoms. The molecule has 0 aliphatic rings. The number of carboxylic acid groups (broad SMARTS) is 1. The number of hydrogen-bond acceptors (Lipinski definition) is 4. The van der Waals surface area contributed by atoms with Crippen LogP contribution in [0.5, 0.6) is 5.75 Å². The van der Waals surface area contributed by atoms with E-state index >= 15 is 0 Å². The largest absolute Gasteiger partial charge is 0.481 e. The van der Waals surface area contributed by atoms with Crippen molar-refractivity contribution in [2.45, 2.75) is 20.8 Å². The number of hydrogen-bond donors (Lipinski definition) is 1. The first-order valence-corrected chi connectivity index (χ1v) is 8.90. The molecule has 0 unspecified atom stereocenters. The van der Waals surface area contributed by atoms with Crippen LogP contribution in [0.3, 0.4) is 0 Å². The van der Waals surface area contributed by atoms with E-state index in [0.29, 0.717) is 27.2 Å². The van der Waals surface area contributed by atoms with Gasteiger partial charge in [-0.15, -0.1) is 0 Å². The van der Waals surface area contributed by atoms with Crippen LogP contribution in [0.2, 0.25) is 5.02 Å². The van der Waals surface area contributed by atoms with Gasteiger partial charge in [0, 0.05) is 27.4 Å². The van der Waals surface area contributed by atoms with Gasteiger partial charge < -0.3 is 14.4 Å². The number of carbonyl (C=O) groups excluding carboxylic acids is 2. The second-order valence-electron chi connectivity index (χ2n) is 6.43. The molecule has 1 heterocycles. The number of ketones is 2. The summed E-state index contributed by atoms with van der Waals surface area (Å²) in [5, 5.41) is 10.1. The first-order chi connectivity index (χ1) is 13.2. The number of rotatable bonds is 6. The number of carbonyl (C=O) groups is 3. The highest BCUT2D eigenvalue weighted by Crippen LogP contribution is 2.35. The summed E-state index contributed by atoms with van der Waals surface area (Å²) < 4.78 is 7.19. The Labute approximate surface area is 166 Å². The Kier molecular flexibility index (Phi) is 5.25. The summed E-state index contributed by atoms with van der Waals surface area (Å²) >= 11 is 5.99. The number of Topliss-reactive ketones (excluding diaryl/α,β-unsaturated/α-hetero) is 2. The van der Waals surface area contributed by atoms with Gasteiger partial charge in [0.15, 0.2) is 18.2 Å².